The first-order chi connectivity index (χ1) is 8.56. The summed E-state index contributed by atoms with van der Waals surface area (Å²) in [7, 11) is 0. The van der Waals surface area contributed by atoms with Gasteiger partial charge in [0.2, 0.25) is 0 Å². The second-order valence-corrected chi connectivity index (χ2v) is 6.26. The molecule has 0 aliphatic carbocycles. The number of carbonyl (C=O) groups is 1. The van der Waals surface area contributed by atoms with Crippen molar-refractivity contribution in [3.63, 3.8) is 0 Å². The summed E-state index contributed by atoms with van der Waals surface area (Å²) in [5.74, 6) is 0.303. The number of rotatable bonds is 2. The minimum Gasteiger partial charge on any atom is -0.307 e. The number of hydrogen-bond donors (Lipinski definition) is 1. The van der Waals surface area contributed by atoms with Crippen molar-refractivity contribution in [3.05, 3.63) is 54.3 Å². The first-order valence-electron chi connectivity index (χ1n) is 4.94. The van der Waals surface area contributed by atoms with Gasteiger partial charge in [-0.1, -0.05) is 11.6 Å². The first kappa shape index (κ1) is 14.0. The summed E-state index contributed by atoms with van der Waals surface area (Å²) >= 11 is 10.2. The fourth-order valence-electron chi connectivity index (χ4n) is 1.28. The Morgan fingerprint density at radius 2 is 2.00 bits per heavy atom. The van der Waals surface area contributed by atoms with Crippen molar-refractivity contribution >= 4 is 68.5 Å². The molecule has 0 aliphatic heterocycles. The molecule has 1 aromatic carbocycles. The molecule has 2 rings (SSSR count). The van der Waals surface area contributed by atoms with Gasteiger partial charge in [-0.25, -0.2) is 4.98 Å². The highest BCUT2D eigenvalue weighted by atomic mass is 127. The van der Waals surface area contributed by atoms with Gasteiger partial charge in [-0.15, -0.1) is 0 Å². The number of hydrogen-bond acceptors (Lipinski definition) is 2. The van der Waals surface area contributed by atoms with E-state index in [4.69, 9.17) is 11.6 Å². The van der Waals surface area contributed by atoms with Gasteiger partial charge in [-0.05, 0) is 75.5 Å². The fourth-order valence-corrected chi connectivity index (χ4v) is 2.11. The molecule has 0 spiro atoms. The van der Waals surface area contributed by atoms with Crippen LogP contribution in [0.3, 0.4) is 0 Å². The van der Waals surface area contributed by atoms with E-state index in [-0.39, 0.29) is 5.91 Å². The molecule has 2 aromatic rings. The lowest BCUT2D eigenvalue weighted by molar-refractivity contribution is 0.102. The number of carbonyl (C=O) groups excluding carboxylic acids is 1. The van der Waals surface area contributed by atoms with Crippen molar-refractivity contribution in [2.75, 3.05) is 5.32 Å². The lowest BCUT2D eigenvalue weighted by Crippen LogP contribution is -2.12. The maximum Gasteiger partial charge on any atom is 0.256 e. The predicted molar refractivity (Wildman–Crippen MR) is 89.1 cm³/mol. The van der Waals surface area contributed by atoms with Crippen molar-refractivity contribution in [2.24, 2.45) is 0 Å². The molecule has 0 aliphatic rings. The molecule has 1 N–H and O–H groups in total. The molecule has 0 saturated heterocycles. The molecule has 0 fully saturated rings. The molecule has 1 amide bonds. The lowest BCUT2D eigenvalue weighted by atomic mass is 10.2. The second-order valence-electron chi connectivity index (χ2n) is 3.44. The van der Waals surface area contributed by atoms with E-state index in [0.29, 0.717) is 16.4 Å². The third-order valence-corrected chi connectivity index (χ3v) is 4.36. The Balaban J connectivity index is 2.16. The number of benzene rings is 1. The number of pyridine rings is 1. The van der Waals surface area contributed by atoms with Crippen LogP contribution in [0.2, 0.25) is 5.02 Å². The Labute approximate surface area is 137 Å². The van der Waals surface area contributed by atoms with Gasteiger partial charge in [-0.2, -0.15) is 0 Å². The second kappa shape index (κ2) is 6.16. The number of anilines is 1. The summed E-state index contributed by atoms with van der Waals surface area (Å²) in [5, 5.41) is 3.29. The van der Waals surface area contributed by atoms with E-state index in [9.17, 15) is 4.79 Å². The molecule has 0 atom stereocenters. The molecule has 0 saturated carbocycles. The van der Waals surface area contributed by atoms with Gasteiger partial charge in [-0.3, -0.25) is 4.79 Å². The van der Waals surface area contributed by atoms with Gasteiger partial charge in [0, 0.05) is 18.9 Å². The van der Waals surface area contributed by atoms with Gasteiger partial charge in [0.25, 0.3) is 5.91 Å². The van der Waals surface area contributed by atoms with Crippen LogP contribution in [0.1, 0.15) is 10.4 Å². The highest BCUT2D eigenvalue weighted by Gasteiger charge is 2.08. The highest BCUT2D eigenvalue weighted by Crippen LogP contribution is 2.20. The van der Waals surface area contributed by atoms with Crippen LogP contribution in [0.4, 0.5) is 5.82 Å². The van der Waals surface area contributed by atoms with Crippen LogP contribution in [0.5, 0.6) is 0 Å². The SMILES string of the molecule is O=C(Nc1ccc(I)cn1)c1ccc(I)c(Cl)c1. The molecule has 3 nitrogen and oxygen atoms in total. The zero-order chi connectivity index (χ0) is 13.1. The Kier molecular flexibility index (Phi) is 4.79. The van der Waals surface area contributed by atoms with Crippen LogP contribution >= 0.6 is 56.8 Å². The fraction of sp³-hybridized carbons (Fsp3) is 0. The smallest absolute Gasteiger partial charge is 0.256 e. The highest BCUT2D eigenvalue weighted by molar-refractivity contribution is 14.1. The summed E-state index contributed by atoms with van der Waals surface area (Å²) < 4.78 is 1.93. The topological polar surface area (TPSA) is 42.0 Å². The van der Waals surface area contributed by atoms with Gasteiger partial charge in [0.1, 0.15) is 5.82 Å². The van der Waals surface area contributed by atoms with Gasteiger partial charge >= 0.3 is 0 Å². The van der Waals surface area contributed by atoms with Crippen LogP contribution < -0.4 is 5.32 Å². The third-order valence-electron chi connectivity index (χ3n) is 2.15. The molecule has 92 valence electrons. The molecule has 0 unspecified atom stereocenters. The van der Waals surface area contributed by atoms with Crippen molar-refractivity contribution in [1.29, 1.82) is 0 Å². The number of aromatic nitrogens is 1. The molecule has 18 heavy (non-hydrogen) atoms. The van der Waals surface area contributed by atoms with E-state index >= 15 is 0 Å². The Morgan fingerprint density at radius 3 is 2.61 bits per heavy atom. The largest absolute Gasteiger partial charge is 0.307 e. The summed E-state index contributed by atoms with van der Waals surface area (Å²) in [6, 6.07) is 8.82. The number of nitrogens with one attached hydrogen (secondary N) is 1. The Bertz CT molecular complexity index is 587. The van der Waals surface area contributed by atoms with Crippen LogP contribution in [-0.4, -0.2) is 10.9 Å². The molecule has 6 heteroatoms. The molecule has 0 radical (unpaired) electrons. The summed E-state index contributed by atoms with van der Waals surface area (Å²) in [4.78, 5) is 16.1. The van der Waals surface area contributed by atoms with Crippen molar-refractivity contribution < 1.29 is 4.79 Å². The zero-order valence-corrected chi connectivity index (χ0v) is 14.0. The van der Waals surface area contributed by atoms with Crippen LogP contribution in [-0.2, 0) is 0 Å². The Hall–Kier alpha value is -0.410. The maximum absolute atomic E-state index is 11.9. The normalized spacial score (nSPS) is 10.2. The minimum absolute atomic E-state index is 0.220. The standard InChI is InChI=1S/C12H7ClI2N2O/c13-9-5-7(1-3-10(9)15)12(18)17-11-4-2-8(14)6-16-11/h1-6H,(H,16,17,18). The van der Waals surface area contributed by atoms with E-state index in [1.54, 1.807) is 30.5 Å². The average Bonchev–Trinajstić information content (AvgIpc) is 2.35. The van der Waals surface area contributed by atoms with Crippen LogP contribution in [0.25, 0.3) is 0 Å². The van der Waals surface area contributed by atoms with E-state index in [0.717, 1.165) is 7.14 Å². The van der Waals surface area contributed by atoms with E-state index in [1.807, 2.05) is 6.07 Å². The van der Waals surface area contributed by atoms with Gasteiger partial charge in [0.05, 0.1) is 5.02 Å². The first-order valence-corrected chi connectivity index (χ1v) is 7.48. The molecule has 1 heterocycles. The minimum atomic E-state index is -0.220. The number of amides is 1. The zero-order valence-electron chi connectivity index (χ0n) is 8.95. The molecular formula is C12H7ClI2N2O. The molecular weight excluding hydrogens is 477 g/mol. The van der Waals surface area contributed by atoms with Crippen molar-refractivity contribution in [1.82, 2.24) is 4.98 Å². The summed E-state index contributed by atoms with van der Waals surface area (Å²) in [5.41, 5.74) is 0.515. The van der Waals surface area contributed by atoms with Crippen molar-refractivity contribution in [2.45, 2.75) is 0 Å². The average molecular weight is 484 g/mol. The van der Waals surface area contributed by atoms with Gasteiger partial charge in [0.15, 0.2) is 0 Å². The van der Waals surface area contributed by atoms with Crippen molar-refractivity contribution in [3.8, 4) is 0 Å². The van der Waals surface area contributed by atoms with E-state index in [2.05, 4.69) is 55.5 Å². The van der Waals surface area contributed by atoms with E-state index < -0.39 is 0 Å². The third kappa shape index (κ3) is 3.55. The van der Waals surface area contributed by atoms with E-state index in [1.165, 1.54) is 0 Å². The maximum atomic E-state index is 11.9. The number of halogens is 3. The van der Waals surface area contributed by atoms with Crippen LogP contribution in [0, 0.1) is 7.14 Å². The summed E-state index contributed by atoms with van der Waals surface area (Å²) in [6.45, 7) is 0. The predicted octanol–water partition coefficient (Wildman–Crippen LogP) is 4.20. The number of nitrogens with zero attached hydrogens (tertiary/aromatic N) is 1. The molecule has 0 bridgehead atoms. The lowest BCUT2D eigenvalue weighted by Gasteiger charge is -2.05. The molecule has 1 aromatic heterocycles. The monoisotopic (exact) mass is 484 g/mol. The van der Waals surface area contributed by atoms with Gasteiger partial charge < -0.3 is 5.32 Å². The van der Waals surface area contributed by atoms with Crippen LogP contribution in [0.15, 0.2) is 36.5 Å². The Morgan fingerprint density at radius 1 is 1.22 bits per heavy atom. The summed E-state index contributed by atoms with van der Waals surface area (Å²) in [6.07, 6.45) is 1.69. The quantitative estimate of drug-likeness (QED) is 0.650.